The maximum atomic E-state index is 2.44. The Kier molecular flexibility index (Phi) is 9.96. The van der Waals surface area contributed by atoms with Gasteiger partial charge in [0.1, 0.15) is 0 Å². The van der Waals surface area contributed by atoms with Crippen LogP contribution in [0.4, 0.5) is 0 Å². The number of hydrogen-bond acceptors (Lipinski definition) is 0. The van der Waals surface area contributed by atoms with Gasteiger partial charge in [-0.15, -0.1) is 0 Å². The summed E-state index contributed by atoms with van der Waals surface area (Å²) in [5, 5.41) is 0. The maximum absolute atomic E-state index is 2.44. The number of aryl methyl sites for hydroxylation is 3. The van der Waals surface area contributed by atoms with Crippen molar-refractivity contribution in [2.75, 3.05) is 24.6 Å². The predicted molar refractivity (Wildman–Crippen MR) is 123 cm³/mol. The lowest BCUT2D eigenvalue weighted by molar-refractivity contribution is -0.00000554. The molecule has 0 saturated heterocycles. The first-order chi connectivity index (χ1) is 13.3. The molecule has 148 valence electrons. The number of rotatable bonds is 10. The van der Waals surface area contributed by atoms with E-state index in [9.17, 15) is 0 Å². The lowest BCUT2D eigenvalue weighted by atomic mass is 10.2. The van der Waals surface area contributed by atoms with Crippen LogP contribution < -0.4 is 17.0 Å². The Balaban J connectivity index is 0.00000280. The minimum Gasteiger partial charge on any atom is -1.00 e. The Morgan fingerprint density at radius 1 is 0.500 bits per heavy atom. The fourth-order valence-electron chi connectivity index (χ4n) is 3.84. The van der Waals surface area contributed by atoms with E-state index in [2.05, 4.69) is 97.9 Å². The Morgan fingerprint density at radius 2 is 0.786 bits per heavy atom. The molecule has 0 bridgehead atoms. The van der Waals surface area contributed by atoms with Crippen molar-refractivity contribution >= 4 is 7.26 Å². The zero-order valence-corrected chi connectivity index (χ0v) is 19.4. The minimum absolute atomic E-state index is 0. The van der Waals surface area contributed by atoms with Crippen LogP contribution in [0.1, 0.15) is 23.6 Å². The molecule has 0 unspecified atom stereocenters. The fourth-order valence-corrected chi connectivity index (χ4v) is 7.66. The van der Waals surface area contributed by atoms with Crippen molar-refractivity contribution in [1.82, 2.24) is 0 Å². The third-order valence-corrected chi connectivity index (χ3v) is 10.7. The molecule has 0 radical (unpaired) electrons. The van der Waals surface area contributed by atoms with Crippen molar-refractivity contribution < 1.29 is 17.0 Å². The van der Waals surface area contributed by atoms with Crippen molar-refractivity contribution in [3.63, 3.8) is 0 Å². The van der Waals surface area contributed by atoms with Gasteiger partial charge in [-0.3, -0.25) is 0 Å². The van der Waals surface area contributed by atoms with Crippen molar-refractivity contribution in [2.24, 2.45) is 0 Å². The topological polar surface area (TPSA) is 0 Å². The summed E-state index contributed by atoms with van der Waals surface area (Å²) in [6.07, 6.45) is 9.19. The zero-order chi connectivity index (χ0) is 18.8. The van der Waals surface area contributed by atoms with Crippen LogP contribution in [0.2, 0.25) is 0 Å². The van der Waals surface area contributed by atoms with Gasteiger partial charge in [-0.25, -0.2) is 0 Å². The molecule has 3 aromatic carbocycles. The maximum Gasteiger partial charge on any atom is 0.0634 e. The largest absolute Gasteiger partial charge is 1.00 e. The molecule has 0 aliphatic heterocycles. The highest BCUT2D eigenvalue weighted by Gasteiger charge is 2.34. The van der Waals surface area contributed by atoms with Crippen LogP contribution >= 0.6 is 7.26 Å². The highest BCUT2D eigenvalue weighted by Crippen LogP contribution is 2.59. The second-order valence-electron chi connectivity index (χ2n) is 7.54. The van der Waals surface area contributed by atoms with E-state index >= 15 is 0 Å². The minimum atomic E-state index is -0.973. The Bertz CT molecular complexity index is 665. The van der Waals surface area contributed by atoms with Gasteiger partial charge < -0.3 is 17.0 Å². The first-order valence-corrected chi connectivity index (χ1v) is 12.8. The van der Waals surface area contributed by atoms with Gasteiger partial charge in [-0.1, -0.05) is 91.0 Å². The molecular formula is C26H32BrP. The summed E-state index contributed by atoms with van der Waals surface area (Å²) in [5.74, 6) is 0. The molecule has 0 aliphatic carbocycles. The summed E-state index contributed by atoms with van der Waals surface area (Å²) < 4.78 is 0. The molecule has 3 aromatic rings. The summed E-state index contributed by atoms with van der Waals surface area (Å²) >= 11 is 0. The molecule has 0 nitrogen and oxygen atoms in total. The van der Waals surface area contributed by atoms with E-state index in [4.69, 9.17) is 0 Å². The van der Waals surface area contributed by atoms with Gasteiger partial charge in [0.25, 0.3) is 0 Å². The predicted octanol–water partition coefficient (Wildman–Crippen LogP) is 3.76. The van der Waals surface area contributed by atoms with Gasteiger partial charge in [-0.2, -0.15) is 0 Å². The smallest absolute Gasteiger partial charge is 0.0634 e. The summed E-state index contributed by atoms with van der Waals surface area (Å²) in [6.45, 7) is 2.44. The van der Waals surface area contributed by atoms with E-state index in [0.717, 1.165) is 0 Å². The average molecular weight is 455 g/mol. The highest BCUT2D eigenvalue weighted by atomic mass is 79.9. The van der Waals surface area contributed by atoms with Crippen molar-refractivity contribution in [3.8, 4) is 0 Å². The molecule has 0 amide bonds. The van der Waals surface area contributed by atoms with E-state index in [1.54, 1.807) is 0 Å². The summed E-state index contributed by atoms with van der Waals surface area (Å²) in [5.41, 5.74) is 4.49. The highest BCUT2D eigenvalue weighted by molar-refractivity contribution is 7.75. The fraction of sp³-hybridized carbons (Fsp3) is 0.308. The molecule has 0 aromatic heterocycles. The molecule has 0 N–H and O–H groups in total. The van der Waals surface area contributed by atoms with E-state index in [0.29, 0.717) is 0 Å². The van der Waals surface area contributed by atoms with Crippen LogP contribution in [0.25, 0.3) is 0 Å². The lowest BCUT2D eigenvalue weighted by Gasteiger charge is -2.27. The number of hydrogen-bond donors (Lipinski definition) is 0. The van der Waals surface area contributed by atoms with Crippen LogP contribution in [0.15, 0.2) is 91.0 Å². The molecule has 2 heteroatoms. The van der Waals surface area contributed by atoms with Crippen LogP contribution in [-0.4, -0.2) is 24.6 Å². The van der Waals surface area contributed by atoms with E-state index in [1.165, 1.54) is 60.6 Å². The van der Waals surface area contributed by atoms with Gasteiger partial charge in [0.15, 0.2) is 0 Å². The van der Waals surface area contributed by atoms with Crippen LogP contribution in [0.5, 0.6) is 0 Å². The normalized spacial score (nSPS) is 11.0. The quantitative estimate of drug-likeness (QED) is 0.409. The van der Waals surface area contributed by atoms with Gasteiger partial charge in [0.05, 0.1) is 24.6 Å². The average Bonchev–Trinajstić information content (AvgIpc) is 2.76. The number of halogens is 1. The second-order valence-corrected chi connectivity index (χ2v) is 12.2. The summed E-state index contributed by atoms with van der Waals surface area (Å²) in [4.78, 5) is 0. The van der Waals surface area contributed by atoms with Crippen LogP contribution in [-0.2, 0) is 19.3 Å². The van der Waals surface area contributed by atoms with E-state index in [-0.39, 0.29) is 17.0 Å². The monoisotopic (exact) mass is 454 g/mol. The Hall–Kier alpha value is -1.43. The molecule has 3 rings (SSSR count). The zero-order valence-electron chi connectivity index (χ0n) is 16.9. The third-order valence-electron chi connectivity index (χ3n) is 5.82. The van der Waals surface area contributed by atoms with Crippen LogP contribution in [0, 0.1) is 0 Å². The lowest BCUT2D eigenvalue weighted by Crippen LogP contribution is -3.00. The third kappa shape index (κ3) is 7.19. The molecule has 0 spiro atoms. The van der Waals surface area contributed by atoms with E-state index in [1.807, 2.05) is 0 Å². The molecule has 28 heavy (non-hydrogen) atoms. The first-order valence-electron chi connectivity index (χ1n) is 10.3. The molecule has 0 fully saturated rings. The summed E-state index contributed by atoms with van der Waals surface area (Å²) in [6, 6.07) is 33.2. The molecule has 0 aliphatic rings. The van der Waals surface area contributed by atoms with Gasteiger partial charge in [-0.05, 0) is 23.6 Å². The van der Waals surface area contributed by atoms with Gasteiger partial charge in [0.2, 0.25) is 0 Å². The van der Waals surface area contributed by atoms with E-state index < -0.39 is 7.26 Å². The Labute approximate surface area is 182 Å². The standard InChI is InChI=1S/C26H32P.BrH/c1-2-27(21-18-24-12-6-3-7-13-24,22-19-25-14-8-4-9-15-25)23-20-26-16-10-5-11-17-26;/h3-17H,2,18-23H2,1H3;1H/q+1;/p-1. The van der Waals surface area contributed by atoms with Crippen molar-refractivity contribution in [3.05, 3.63) is 108 Å². The second kappa shape index (κ2) is 12.2. The summed E-state index contributed by atoms with van der Waals surface area (Å²) in [7, 11) is -0.973. The SMILES string of the molecule is CC[P+](CCc1ccccc1)(CCc1ccccc1)CCc1ccccc1.[Br-]. The first kappa shape index (κ1) is 22.9. The molecule has 0 atom stereocenters. The number of benzene rings is 3. The molecule has 0 heterocycles. The Morgan fingerprint density at radius 3 is 1.04 bits per heavy atom. The van der Waals surface area contributed by atoms with Crippen molar-refractivity contribution in [2.45, 2.75) is 26.2 Å². The van der Waals surface area contributed by atoms with Crippen LogP contribution in [0.3, 0.4) is 0 Å². The van der Waals surface area contributed by atoms with Gasteiger partial charge >= 0.3 is 0 Å². The van der Waals surface area contributed by atoms with Gasteiger partial charge in [0, 0.05) is 26.5 Å². The van der Waals surface area contributed by atoms with Crippen molar-refractivity contribution in [1.29, 1.82) is 0 Å². The molecular weight excluding hydrogens is 423 g/mol. The molecule has 0 saturated carbocycles.